The monoisotopic (exact) mass is 483 g/mol. The summed E-state index contributed by atoms with van der Waals surface area (Å²) in [5.41, 5.74) is 5.55. The van der Waals surface area contributed by atoms with Crippen molar-refractivity contribution in [3.8, 4) is 33.9 Å². The summed E-state index contributed by atoms with van der Waals surface area (Å²) in [5.74, 6) is 0.655. The van der Waals surface area contributed by atoms with Crippen LogP contribution in [0.1, 0.15) is 0 Å². The van der Waals surface area contributed by atoms with E-state index in [4.69, 9.17) is 15.1 Å². The van der Waals surface area contributed by atoms with Crippen molar-refractivity contribution in [3.63, 3.8) is 0 Å². The predicted octanol–water partition coefficient (Wildman–Crippen LogP) is 6.50. The number of hydrogen-bond acceptors (Lipinski definition) is 5. The Balaban J connectivity index is 1.57. The first kappa shape index (κ1) is 18.4. The summed E-state index contributed by atoms with van der Waals surface area (Å²) in [6.45, 7) is 0. The Morgan fingerprint density at radius 3 is 2.52 bits per heavy atom. The predicted molar refractivity (Wildman–Crippen MR) is 128 cm³/mol. The molecular formula is C24H14BrN5S. The van der Waals surface area contributed by atoms with Crippen molar-refractivity contribution in [2.45, 2.75) is 0 Å². The summed E-state index contributed by atoms with van der Waals surface area (Å²) < 4.78 is 2.95. The molecule has 0 atom stereocenters. The maximum atomic E-state index is 4.88. The third kappa shape index (κ3) is 3.22. The molecule has 0 fully saturated rings. The fourth-order valence-corrected chi connectivity index (χ4v) is 4.70. The van der Waals surface area contributed by atoms with Crippen LogP contribution >= 0.6 is 27.3 Å². The molecule has 0 saturated carbocycles. The second-order valence-corrected chi connectivity index (χ2v) is 8.81. The van der Waals surface area contributed by atoms with Gasteiger partial charge in [-0.15, -0.1) is 16.4 Å². The molecule has 0 aliphatic carbocycles. The van der Waals surface area contributed by atoms with E-state index in [1.807, 2.05) is 59.1 Å². The minimum absolute atomic E-state index is 0.655. The van der Waals surface area contributed by atoms with Crippen LogP contribution in [-0.4, -0.2) is 24.6 Å². The van der Waals surface area contributed by atoms with Crippen molar-refractivity contribution in [2.24, 2.45) is 0 Å². The molecule has 0 radical (unpaired) electrons. The highest BCUT2D eigenvalue weighted by atomic mass is 79.9. The van der Waals surface area contributed by atoms with Crippen molar-refractivity contribution < 1.29 is 0 Å². The Morgan fingerprint density at radius 2 is 1.68 bits per heavy atom. The molecule has 0 bridgehead atoms. The van der Waals surface area contributed by atoms with Gasteiger partial charge in [-0.1, -0.05) is 58.4 Å². The summed E-state index contributed by atoms with van der Waals surface area (Å²) in [5, 5.41) is 7.93. The average Bonchev–Trinajstić information content (AvgIpc) is 3.40. The van der Waals surface area contributed by atoms with Crippen molar-refractivity contribution in [3.05, 3.63) is 88.8 Å². The molecule has 4 aromatic heterocycles. The number of benzene rings is 2. The molecule has 6 aromatic rings. The van der Waals surface area contributed by atoms with E-state index in [-0.39, 0.29) is 0 Å². The van der Waals surface area contributed by atoms with Gasteiger partial charge in [0.15, 0.2) is 11.5 Å². The molecule has 0 aliphatic rings. The smallest absolute Gasteiger partial charge is 0.213 e. The highest BCUT2D eigenvalue weighted by Crippen LogP contribution is 2.33. The van der Waals surface area contributed by atoms with Gasteiger partial charge >= 0.3 is 0 Å². The largest absolute Gasteiger partial charge is 0.237 e. The lowest BCUT2D eigenvalue weighted by atomic mass is 10.0. The van der Waals surface area contributed by atoms with E-state index in [9.17, 15) is 0 Å². The molecule has 5 nitrogen and oxygen atoms in total. The zero-order valence-electron chi connectivity index (χ0n) is 16.1. The first-order chi connectivity index (χ1) is 15.3. The Bertz CT molecular complexity index is 1540. The summed E-state index contributed by atoms with van der Waals surface area (Å²) in [4.78, 5) is 15.0. The SMILES string of the molecule is Brc1ccc(-c2csc3nc(-c4cc5cccnc5nc4-c4ccccc4)nn23)cc1. The summed E-state index contributed by atoms with van der Waals surface area (Å²) in [6.07, 6.45) is 1.76. The van der Waals surface area contributed by atoms with Gasteiger partial charge in [0.2, 0.25) is 4.96 Å². The topological polar surface area (TPSA) is 56.0 Å². The molecule has 6 rings (SSSR count). The van der Waals surface area contributed by atoms with Crippen LogP contribution in [0.2, 0.25) is 0 Å². The Kier molecular flexibility index (Phi) is 4.36. The lowest BCUT2D eigenvalue weighted by Gasteiger charge is -2.08. The van der Waals surface area contributed by atoms with Gasteiger partial charge in [-0.05, 0) is 30.3 Å². The third-order valence-corrected chi connectivity index (χ3v) is 6.44. The van der Waals surface area contributed by atoms with E-state index in [0.29, 0.717) is 11.5 Å². The number of hydrogen-bond donors (Lipinski definition) is 0. The highest BCUT2D eigenvalue weighted by Gasteiger charge is 2.18. The molecular weight excluding hydrogens is 470 g/mol. The molecule has 148 valence electrons. The van der Waals surface area contributed by atoms with Crippen LogP contribution in [0, 0.1) is 0 Å². The van der Waals surface area contributed by atoms with E-state index < -0.39 is 0 Å². The minimum atomic E-state index is 0.655. The quantitative estimate of drug-likeness (QED) is 0.288. The second-order valence-electron chi connectivity index (χ2n) is 7.06. The van der Waals surface area contributed by atoms with Gasteiger partial charge in [-0.25, -0.2) is 14.5 Å². The van der Waals surface area contributed by atoms with Crippen molar-refractivity contribution in [1.82, 2.24) is 24.6 Å². The molecule has 0 N–H and O–H groups in total. The first-order valence-electron chi connectivity index (χ1n) is 9.68. The Morgan fingerprint density at radius 1 is 0.839 bits per heavy atom. The van der Waals surface area contributed by atoms with Gasteiger partial charge in [-0.3, -0.25) is 0 Å². The van der Waals surface area contributed by atoms with E-state index in [1.165, 1.54) is 0 Å². The summed E-state index contributed by atoms with van der Waals surface area (Å²) in [6, 6.07) is 24.3. The maximum absolute atomic E-state index is 4.88. The van der Waals surface area contributed by atoms with Crippen LogP contribution in [0.25, 0.3) is 49.9 Å². The molecule has 0 amide bonds. The maximum Gasteiger partial charge on any atom is 0.213 e. The van der Waals surface area contributed by atoms with Crippen molar-refractivity contribution in [2.75, 3.05) is 0 Å². The van der Waals surface area contributed by atoms with Gasteiger partial charge in [0.1, 0.15) is 0 Å². The highest BCUT2D eigenvalue weighted by molar-refractivity contribution is 9.10. The lowest BCUT2D eigenvalue weighted by molar-refractivity contribution is 0.989. The lowest BCUT2D eigenvalue weighted by Crippen LogP contribution is -1.95. The van der Waals surface area contributed by atoms with Crippen LogP contribution in [0.5, 0.6) is 0 Å². The number of pyridine rings is 2. The van der Waals surface area contributed by atoms with Crippen molar-refractivity contribution in [1.29, 1.82) is 0 Å². The minimum Gasteiger partial charge on any atom is -0.237 e. The number of halogens is 1. The average molecular weight is 484 g/mol. The summed E-state index contributed by atoms with van der Waals surface area (Å²) >= 11 is 5.08. The van der Waals surface area contributed by atoms with Crippen LogP contribution in [0.3, 0.4) is 0 Å². The molecule has 0 aliphatic heterocycles. The van der Waals surface area contributed by atoms with Crippen LogP contribution in [0.15, 0.2) is 88.8 Å². The molecule has 2 aromatic carbocycles. The van der Waals surface area contributed by atoms with Gasteiger partial charge in [-0.2, -0.15) is 4.98 Å². The summed E-state index contributed by atoms with van der Waals surface area (Å²) in [7, 11) is 0. The van der Waals surface area contributed by atoms with E-state index in [1.54, 1.807) is 17.5 Å². The number of rotatable bonds is 3. The molecule has 7 heteroatoms. The normalized spacial score (nSPS) is 11.4. The second kappa shape index (κ2) is 7.37. The van der Waals surface area contributed by atoms with Crippen LogP contribution in [0.4, 0.5) is 0 Å². The van der Waals surface area contributed by atoms with Gasteiger partial charge < -0.3 is 0 Å². The Labute approximate surface area is 190 Å². The van der Waals surface area contributed by atoms with E-state index >= 15 is 0 Å². The van der Waals surface area contributed by atoms with Gasteiger partial charge in [0.05, 0.1) is 11.4 Å². The molecule has 0 spiro atoms. The molecule has 0 saturated heterocycles. The standard InChI is InChI=1S/C24H14BrN5S/c25-18-10-8-15(9-11-18)20-14-31-24-28-23(29-30(20)24)19-13-17-7-4-12-26-22(17)27-21(19)16-5-2-1-3-6-16/h1-14H. The van der Waals surface area contributed by atoms with E-state index in [2.05, 4.69) is 44.5 Å². The third-order valence-electron chi connectivity index (χ3n) is 5.10. The molecule has 31 heavy (non-hydrogen) atoms. The van der Waals surface area contributed by atoms with Gasteiger partial charge in [0.25, 0.3) is 0 Å². The van der Waals surface area contributed by atoms with Gasteiger partial charge in [0, 0.05) is 38.1 Å². The zero-order valence-corrected chi connectivity index (χ0v) is 18.5. The number of fused-ring (bicyclic) bond motifs is 2. The van der Waals surface area contributed by atoms with Crippen LogP contribution in [-0.2, 0) is 0 Å². The van der Waals surface area contributed by atoms with E-state index in [0.717, 1.165) is 42.9 Å². The van der Waals surface area contributed by atoms with Crippen LogP contribution < -0.4 is 0 Å². The fourth-order valence-electron chi connectivity index (χ4n) is 3.61. The Hall–Kier alpha value is -3.42. The molecule has 4 heterocycles. The van der Waals surface area contributed by atoms with Crippen molar-refractivity contribution >= 4 is 43.3 Å². The number of nitrogens with zero attached hydrogens (tertiary/aromatic N) is 5. The number of thiazole rings is 1. The first-order valence-corrected chi connectivity index (χ1v) is 11.4. The fraction of sp³-hybridized carbons (Fsp3) is 0. The zero-order chi connectivity index (χ0) is 20.8. The number of aromatic nitrogens is 5. The molecule has 0 unspecified atom stereocenters.